The Morgan fingerprint density at radius 1 is 1.14 bits per heavy atom. The first-order valence-corrected chi connectivity index (χ1v) is 6.77. The molecule has 0 radical (unpaired) electrons. The lowest BCUT2D eigenvalue weighted by Gasteiger charge is -2.22. The largest absolute Gasteiger partial charge is 0.493 e. The molecule has 1 unspecified atom stereocenters. The summed E-state index contributed by atoms with van der Waals surface area (Å²) in [5.41, 5.74) is 6.14. The van der Waals surface area contributed by atoms with Gasteiger partial charge in [0.25, 0.3) is 0 Å². The highest BCUT2D eigenvalue weighted by molar-refractivity contribution is 5.83. The Bertz CT molecular complexity index is 489. The molecule has 0 fully saturated rings. The molecule has 1 amide bonds. The minimum absolute atomic E-state index is 0.387. The molecule has 1 atom stereocenters. The second-order valence-corrected chi connectivity index (χ2v) is 5.06. The van der Waals surface area contributed by atoms with Crippen LogP contribution in [0.25, 0.3) is 0 Å². The van der Waals surface area contributed by atoms with Gasteiger partial charge in [-0.2, -0.15) is 0 Å². The summed E-state index contributed by atoms with van der Waals surface area (Å²) >= 11 is 0. The van der Waals surface area contributed by atoms with Crippen LogP contribution in [0.2, 0.25) is 0 Å². The van der Waals surface area contributed by atoms with Crippen molar-refractivity contribution in [3.8, 4) is 17.2 Å². The summed E-state index contributed by atoms with van der Waals surface area (Å²) in [4.78, 5) is 11.8. The van der Waals surface area contributed by atoms with E-state index in [1.807, 2.05) is 0 Å². The molecule has 0 saturated carbocycles. The van der Waals surface area contributed by atoms with Crippen molar-refractivity contribution in [2.45, 2.75) is 19.9 Å². The SMILES string of the molecule is COc1ccc(C(NCC(C)C)C(N)=O)c(OC)c1OC. The van der Waals surface area contributed by atoms with Crippen LogP contribution in [-0.4, -0.2) is 33.8 Å². The highest BCUT2D eigenvalue weighted by Crippen LogP contribution is 2.42. The van der Waals surface area contributed by atoms with E-state index in [4.69, 9.17) is 19.9 Å². The van der Waals surface area contributed by atoms with E-state index < -0.39 is 11.9 Å². The number of rotatable bonds is 8. The van der Waals surface area contributed by atoms with Crippen molar-refractivity contribution in [1.29, 1.82) is 0 Å². The maximum absolute atomic E-state index is 11.8. The quantitative estimate of drug-likeness (QED) is 0.759. The summed E-state index contributed by atoms with van der Waals surface area (Å²) < 4.78 is 16.0. The molecule has 0 aliphatic carbocycles. The zero-order valence-electron chi connectivity index (χ0n) is 13.2. The molecule has 0 aromatic heterocycles. The molecule has 0 aliphatic heterocycles. The molecular formula is C15H24N2O4. The van der Waals surface area contributed by atoms with E-state index in [-0.39, 0.29) is 0 Å². The third-order valence-corrected chi connectivity index (χ3v) is 3.06. The fraction of sp³-hybridized carbons (Fsp3) is 0.533. The van der Waals surface area contributed by atoms with E-state index in [9.17, 15) is 4.79 Å². The van der Waals surface area contributed by atoms with Gasteiger partial charge in [-0.25, -0.2) is 0 Å². The Kier molecular flexibility index (Phi) is 6.30. The van der Waals surface area contributed by atoms with Gasteiger partial charge in [0.1, 0.15) is 6.04 Å². The van der Waals surface area contributed by atoms with E-state index >= 15 is 0 Å². The smallest absolute Gasteiger partial charge is 0.239 e. The van der Waals surface area contributed by atoms with Crippen LogP contribution in [0.1, 0.15) is 25.5 Å². The van der Waals surface area contributed by atoms with Gasteiger partial charge in [-0.15, -0.1) is 0 Å². The number of hydrogen-bond donors (Lipinski definition) is 2. The molecule has 0 spiro atoms. The van der Waals surface area contributed by atoms with Crippen molar-refractivity contribution >= 4 is 5.91 Å². The summed E-state index contributed by atoms with van der Waals surface area (Å²) in [6.07, 6.45) is 0. The van der Waals surface area contributed by atoms with Gasteiger partial charge in [0.05, 0.1) is 21.3 Å². The molecule has 118 valence electrons. The zero-order valence-corrected chi connectivity index (χ0v) is 13.2. The van der Waals surface area contributed by atoms with Crippen LogP contribution in [0.5, 0.6) is 17.2 Å². The molecule has 0 heterocycles. The van der Waals surface area contributed by atoms with Crippen molar-refractivity contribution in [2.24, 2.45) is 11.7 Å². The maximum atomic E-state index is 11.8. The van der Waals surface area contributed by atoms with Crippen molar-refractivity contribution in [2.75, 3.05) is 27.9 Å². The number of ether oxygens (including phenoxy) is 3. The molecule has 0 saturated heterocycles. The minimum atomic E-state index is -0.651. The van der Waals surface area contributed by atoms with Gasteiger partial charge in [0.15, 0.2) is 11.5 Å². The molecule has 21 heavy (non-hydrogen) atoms. The predicted octanol–water partition coefficient (Wildman–Crippen LogP) is 1.48. The summed E-state index contributed by atoms with van der Waals surface area (Å²) in [5, 5.41) is 3.15. The maximum Gasteiger partial charge on any atom is 0.239 e. The van der Waals surface area contributed by atoms with Gasteiger partial charge in [0, 0.05) is 5.56 Å². The van der Waals surface area contributed by atoms with Crippen LogP contribution < -0.4 is 25.3 Å². The van der Waals surface area contributed by atoms with Crippen LogP contribution in [0.15, 0.2) is 12.1 Å². The second-order valence-electron chi connectivity index (χ2n) is 5.06. The van der Waals surface area contributed by atoms with Crippen molar-refractivity contribution < 1.29 is 19.0 Å². The third kappa shape index (κ3) is 4.01. The number of primary amides is 1. The zero-order chi connectivity index (χ0) is 16.0. The first-order valence-electron chi connectivity index (χ1n) is 6.77. The van der Waals surface area contributed by atoms with Gasteiger partial charge >= 0.3 is 0 Å². The molecule has 1 aromatic rings. The third-order valence-electron chi connectivity index (χ3n) is 3.06. The summed E-state index contributed by atoms with van der Waals surface area (Å²) in [6.45, 7) is 4.76. The number of hydrogen-bond acceptors (Lipinski definition) is 5. The number of methoxy groups -OCH3 is 3. The molecule has 6 nitrogen and oxygen atoms in total. The Hall–Kier alpha value is -1.95. The van der Waals surface area contributed by atoms with Gasteiger partial charge in [0.2, 0.25) is 11.7 Å². The molecule has 0 aliphatic rings. The fourth-order valence-electron chi connectivity index (χ4n) is 2.07. The van der Waals surface area contributed by atoms with E-state index in [0.717, 1.165) is 0 Å². The van der Waals surface area contributed by atoms with Gasteiger partial charge in [-0.1, -0.05) is 13.8 Å². The van der Waals surface area contributed by atoms with E-state index in [2.05, 4.69) is 19.2 Å². The lowest BCUT2D eigenvalue weighted by Crippen LogP contribution is -2.35. The topological polar surface area (TPSA) is 82.8 Å². The summed E-state index contributed by atoms with van der Waals surface area (Å²) in [5.74, 6) is 1.33. The number of amides is 1. The monoisotopic (exact) mass is 296 g/mol. The molecular weight excluding hydrogens is 272 g/mol. The predicted molar refractivity (Wildman–Crippen MR) is 80.9 cm³/mol. The van der Waals surface area contributed by atoms with Crippen molar-refractivity contribution in [3.63, 3.8) is 0 Å². The highest BCUT2D eigenvalue weighted by Gasteiger charge is 2.25. The normalized spacial score (nSPS) is 12.1. The van der Waals surface area contributed by atoms with Crippen LogP contribution in [0.3, 0.4) is 0 Å². The Morgan fingerprint density at radius 3 is 2.19 bits per heavy atom. The van der Waals surface area contributed by atoms with E-state index in [1.165, 1.54) is 14.2 Å². The van der Waals surface area contributed by atoms with E-state index in [1.54, 1.807) is 19.2 Å². The molecule has 0 bridgehead atoms. The average molecular weight is 296 g/mol. The lowest BCUT2D eigenvalue weighted by molar-refractivity contribution is -0.120. The van der Waals surface area contributed by atoms with Crippen LogP contribution in [-0.2, 0) is 4.79 Å². The van der Waals surface area contributed by atoms with Gasteiger partial charge in [-0.3, -0.25) is 4.79 Å². The first kappa shape index (κ1) is 17.1. The highest BCUT2D eigenvalue weighted by atomic mass is 16.5. The Balaban J connectivity index is 3.27. The van der Waals surface area contributed by atoms with Crippen molar-refractivity contribution in [1.82, 2.24) is 5.32 Å². The number of carbonyl (C=O) groups is 1. The molecule has 6 heteroatoms. The van der Waals surface area contributed by atoms with Gasteiger partial charge in [-0.05, 0) is 24.6 Å². The number of nitrogens with one attached hydrogen (secondary N) is 1. The number of nitrogens with two attached hydrogens (primary N) is 1. The van der Waals surface area contributed by atoms with E-state index in [0.29, 0.717) is 35.3 Å². The fourth-order valence-corrected chi connectivity index (χ4v) is 2.07. The second kappa shape index (κ2) is 7.73. The average Bonchev–Trinajstić information content (AvgIpc) is 2.45. The van der Waals surface area contributed by atoms with Crippen LogP contribution >= 0.6 is 0 Å². The van der Waals surface area contributed by atoms with Crippen LogP contribution in [0, 0.1) is 5.92 Å². The first-order chi connectivity index (χ1) is 9.96. The Morgan fingerprint density at radius 2 is 1.76 bits per heavy atom. The minimum Gasteiger partial charge on any atom is -0.493 e. The standard InChI is InChI=1S/C15H24N2O4/c1-9(2)8-17-12(15(16)18)10-6-7-11(19-3)14(21-5)13(10)20-4/h6-7,9,12,17H,8H2,1-5H3,(H2,16,18). The summed E-state index contributed by atoms with van der Waals surface area (Å²) in [7, 11) is 4.58. The van der Waals surface area contributed by atoms with Crippen molar-refractivity contribution in [3.05, 3.63) is 17.7 Å². The van der Waals surface area contributed by atoms with Crippen LogP contribution in [0.4, 0.5) is 0 Å². The Labute approximate surface area is 125 Å². The number of carbonyl (C=O) groups excluding carboxylic acids is 1. The molecule has 1 aromatic carbocycles. The lowest BCUT2D eigenvalue weighted by atomic mass is 10.0. The molecule has 3 N–H and O–H groups in total. The summed E-state index contributed by atoms with van der Waals surface area (Å²) in [6, 6.07) is 2.83. The molecule has 1 rings (SSSR count). The number of benzene rings is 1. The van der Waals surface area contributed by atoms with Gasteiger partial charge < -0.3 is 25.3 Å².